The Morgan fingerprint density at radius 1 is 1.21 bits per heavy atom. The van der Waals surface area contributed by atoms with E-state index in [0.29, 0.717) is 25.0 Å². The van der Waals surface area contributed by atoms with Crippen molar-refractivity contribution in [1.29, 1.82) is 0 Å². The molecule has 0 bridgehead atoms. The zero-order valence-electron chi connectivity index (χ0n) is 13.9. The van der Waals surface area contributed by atoms with Gasteiger partial charge in [0.1, 0.15) is 0 Å². The molecule has 1 aromatic carbocycles. The third-order valence-corrected chi connectivity index (χ3v) is 7.03. The summed E-state index contributed by atoms with van der Waals surface area (Å²) in [6, 6.07) is 6.77. The molecule has 24 heavy (non-hydrogen) atoms. The van der Waals surface area contributed by atoms with Crippen LogP contribution in [0.15, 0.2) is 29.2 Å². The normalized spacial score (nSPS) is 23.3. The molecule has 0 spiro atoms. The number of carbonyl (C=O) groups is 1. The monoisotopic (exact) mass is 352 g/mol. The van der Waals surface area contributed by atoms with E-state index >= 15 is 0 Å². The van der Waals surface area contributed by atoms with Crippen molar-refractivity contribution in [3.05, 3.63) is 29.8 Å². The van der Waals surface area contributed by atoms with Gasteiger partial charge in [0.2, 0.25) is 10.0 Å². The maximum atomic E-state index is 13.0. The molecule has 1 N–H and O–H groups in total. The highest BCUT2D eigenvalue weighted by Crippen LogP contribution is 2.29. The lowest BCUT2D eigenvalue weighted by atomic mass is 9.89. The Labute approximate surface area is 143 Å². The van der Waals surface area contributed by atoms with Crippen LogP contribution in [0.2, 0.25) is 0 Å². The average molecular weight is 352 g/mol. The SMILES string of the molecule is COC(=O)c1ccccc1S(=O)(=O)N1CCC(C2CCCN2)CC1. The van der Waals surface area contributed by atoms with Crippen LogP contribution < -0.4 is 5.32 Å². The number of carbonyl (C=O) groups excluding carboxylic acids is 1. The fraction of sp³-hybridized carbons (Fsp3) is 0.588. The van der Waals surface area contributed by atoms with Crippen molar-refractivity contribution in [1.82, 2.24) is 9.62 Å². The van der Waals surface area contributed by atoms with E-state index < -0.39 is 16.0 Å². The van der Waals surface area contributed by atoms with Crippen molar-refractivity contribution in [3.63, 3.8) is 0 Å². The van der Waals surface area contributed by atoms with Gasteiger partial charge in [0.25, 0.3) is 0 Å². The molecule has 7 heteroatoms. The van der Waals surface area contributed by atoms with Crippen LogP contribution >= 0.6 is 0 Å². The van der Waals surface area contributed by atoms with E-state index in [1.54, 1.807) is 12.1 Å². The Morgan fingerprint density at radius 3 is 2.54 bits per heavy atom. The molecular weight excluding hydrogens is 328 g/mol. The molecule has 1 atom stereocenters. The number of nitrogens with zero attached hydrogens (tertiary/aromatic N) is 1. The van der Waals surface area contributed by atoms with Crippen LogP contribution in [-0.4, -0.2) is 51.5 Å². The number of hydrogen-bond donors (Lipinski definition) is 1. The summed E-state index contributed by atoms with van der Waals surface area (Å²) in [5.41, 5.74) is 0.0968. The number of benzene rings is 1. The fourth-order valence-electron chi connectivity index (χ4n) is 3.74. The molecular formula is C17H24N2O4S. The molecule has 2 heterocycles. The van der Waals surface area contributed by atoms with Crippen LogP contribution in [0.25, 0.3) is 0 Å². The lowest BCUT2D eigenvalue weighted by molar-refractivity contribution is 0.0596. The number of esters is 1. The van der Waals surface area contributed by atoms with Gasteiger partial charge in [-0.2, -0.15) is 4.31 Å². The molecule has 1 aromatic rings. The van der Waals surface area contributed by atoms with Crippen molar-refractivity contribution >= 4 is 16.0 Å². The van der Waals surface area contributed by atoms with Crippen molar-refractivity contribution < 1.29 is 17.9 Å². The van der Waals surface area contributed by atoms with E-state index in [0.717, 1.165) is 19.4 Å². The van der Waals surface area contributed by atoms with Crippen molar-refractivity contribution in [2.24, 2.45) is 5.92 Å². The van der Waals surface area contributed by atoms with E-state index in [1.165, 1.54) is 36.4 Å². The Balaban J connectivity index is 1.76. The van der Waals surface area contributed by atoms with Gasteiger partial charge >= 0.3 is 5.97 Å². The number of rotatable bonds is 4. The molecule has 3 rings (SSSR count). The summed E-state index contributed by atoms with van der Waals surface area (Å²) in [4.78, 5) is 11.9. The van der Waals surface area contributed by atoms with E-state index in [-0.39, 0.29) is 10.5 Å². The van der Waals surface area contributed by atoms with Gasteiger partial charge < -0.3 is 10.1 Å². The number of ether oxygens (including phenoxy) is 1. The van der Waals surface area contributed by atoms with Gasteiger partial charge in [-0.15, -0.1) is 0 Å². The molecule has 2 aliphatic rings. The molecule has 1 unspecified atom stereocenters. The zero-order chi connectivity index (χ0) is 17.2. The van der Waals surface area contributed by atoms with Gasteiger partial charge in [0.15, 0.2) is 0 Å². The van der Waals surface area contributed by atoms with Crippen molar-refractivity contribution in [2.45, 2.75) is 36.6 Å². The summed E-state index contributed by atoms with van der Waals surface area (Å²) in [6.07, 6.45) is 4.10. The highest BCUT2D eigenvalue weighted by Gasteiger charge is 2.35. The Kier molecular flexibility index (Phi) is 5.22. The number of piperidine rings is 1. The minimum atomic E-state index is -3.68. The van der Waals surface area contributed by atoms with E-state index in [9.17, 15) is 13.2 Å². The van der Waals surface area contributed by atoms with Gasteiger partial charge in [-0.25, -0.2) is 13.2 Å². The topological polar surface area (TPSA) is 75.7 Å². The van der Waals surface area contributed by atoms with Gasteiger partial charge in [0, 0.05) is 19.1 Å². The minimum absolute atomic E-state index is 0.0364. The first-order valence-electron chi connectivity index (χ1n) is 8.45. The Bertz CT molecular complexity index is 690. The third kappa shape index (κ3) is 3.34. The van der Waals surface area contributed by atoms with Crippen LogP contribution in [0.3, 0.4) is 0 Å². The van der Waals surface area contributed by atoms with E-state index in [2.05, 4.69) is 5.32 Å². The smallest absolute Gasteiger partial charge is 0.339 e. The second-order valence-corrected chi connectivity index (χ2v) is 8.34. The van der Waals surface area contributed by atoms with Gasteiger partial charge in [-0.1, -0.05) is 12.1 Å². The maximum absolute atomic E-state index is 13.0. The van der Waals surface area contributed by atoms with Gasteiger partial charge in [-0.05, 0) is 50.3 Å². The predicted molar refractivity (Wildman–Crippen MR) is 90.3 cm³/mol. The van der Waals surface area contributed by atoms with Gasteiger partial charge in [-0.3, -0.25) is 0 Å². The lowest BCUT2D eigenvalue weighted by Crippen LogP contribution is -2.43. The molecule has 0 aliphatic carbocycles. The molecule has 0 aromatic heterocycles. The standard InChI is InChI=1S/C17H24N2O4S/c1-23-17(20)14-5-2-3-7-16(14)24(21,22)19-11-8-13(9-12-19)15-6-4-10-18-15/h2-3,5,7,13,15,18H,4,6,8-12H2,1H3. The van der Waals surface area contributed by atoms with Crippen LogP contribution in [0.5, 0.6) is 0 Å². The average Bonchev–Trinajstić information content (AvgIpc) is 3.16. The first-order valence-corrected chi connectivity index (χ1v) is 9.89. The fourth-order valence-corrected chi connectivity index (χ4v) is 5.39. The minimum Gasteiger partial charge on any atom is -0.465 e. The maximum Gasteiger partial charge on any atom is 0.339 e. The summed E-state index contributed by atoms with van der Waals surface area (Å²) < 4.78 is 32.1. The second kappa shape index (κ2) is 7.21. The number of nitrogens with one attached hydrogen (secondary N) is 1. The van der Waals surface area contributed by atoms with Crippen LogP contribution in [0, 0.1) is 5.92 Å². The largest absolute Gasteiger partial charge is 0.465 e. The Morgan fingerprint density at radius 2 is 1.92 bits per heavy atom. The van der Waals surface area contributed by atoms with Crippen LogP contribution in [-0.2, 0) is 14.8 Å². The number of hydrogen-bond acceptors (Lipinski definition) is 5. The summed E-state index contributed by atoms with van der Waals surface area (Å²) in [5.74, 6) is -0.0889. The van der Waals surface area contributed by atoms with Crippen LogP contribution in [0.1, 0.15) is 36.0 Å². The summed E-state index contributed by atoms with van der Waals surface area (Å²) in [5, 5.41) is 3.51. The molecule has 6 nitrogen and oxygen atoms in total. The summed E-state index contributed by atoms with van der Waals surface area (Å²) in [7, 11) is -2.43. The Hall–Kier alpha value is -1.44. The molecule has 2 saturated heterocycles. The first kappa shape index (κ1) is 17.4. The highest BCUT2D eigenvalue weighted by molar-refractivity contribution is 7.89. The summed E-state index contributed by atoms with van der Waals surface area (Å²) >= 11 is 0. The van der Waals surface area contributed by atoms with E-state index in [1.807, 2.05) is 0 Å². The molecule has 132 valence electrons. The number of methoxy groups -OCH3 is 1. The molecule has 2 aliphatic heterocycles. The van der Waals surface area contributed by atoms with Crippen molar-refractivity contribution in [2.75, 3.05) is 26.7 Å². The molecule has 0 saturated carbocycles. The molecule has 2 fully saturated rings. The predicted octanol–water partition coefficient (Wildman–Crippen LogP) is 1.63. The number of sulfonamides is 1. The van der Waals surface area contributed by atoms with E-state index in [4.69, 9.17) is 4.74 Å². The lowest BCUT2D eigenvalue weighted by Gasteiger charge is -2.34. The summed E-state index contributed by atoms with van der Waals surface area (Å²) in [6.45, 7) is 2.07. The third-order valence-electron chi connectivity index (χ3n) is 5.08. The second-order valence-electron chi connectivity index (χ2n) is 6.43. The zero-order valence-corrected chi connectivity index (χ0v) is 14.7. The van der Waals surface area contributed by atoms with Crippen molar-refractivity contribution in [3.8, 4) is 0 Å². The first-order chi connectivity index (χ1) is 11.5. The van der Waals surface area contributed by atoms with Crippen LogP contribution in [0.4, 0.5) is 0 Å². The molecule has 0 amide bonds. The van der Waals surface area contributed by atoms with Gasteiger partial charge in [0.05, 0.1) is 17.6 Å². The highest BCUT2D eigenvalue weighted by atomic mass is 32.2. The molecule has 0 radical (unpaired) electrons. The quantitative estimate of drug-likeness (QED) is 0.834.